The topological polar surface area (TPSA) is 60.5 Å². The van der Waals surface area contributed by atoms with Crippen LogP contribution in [0.5, 0.6) is 0 Å². The van der Waals surface area contributed by atoms with Crippen LogP contribution in [-0.2, 0) is 0 Å². The van der Waals surface area contributed by atoms with Crippen LogP contribution in [0.2, 0.25) is 0 Å². The lowest BCUT2D eigenvalue weighted by molar-refractivity contribution is 0.157. The summed E-state index contributed by atoms with van der Waals surface area (Å²) >= 11 is 0. The summed E-state index contributed by atoms with van der Waals surface area (Å²) in [5.74, 6) is 0.957. The fourth-order valence-corrected chi connectivity index (χ4v) is 3.63. The molecular formula is C18H29N5O. The molecule has 2 unspecified atom stereocenters. The van der Waals surface area contributed by atoms with E-state index in [-0.39, 0.29) is 12.1 Å². The molecule has 2 N–H and O–H groups in total. The Hall–Kier alpha value is -1.82. The normalized spacial score (nSPS) is 25.3. The van der Waals surface area contributed by atoms with Crippen LogP contribution in [-0.4, -0.2) is 54.7 Å². The molecule has 3 rings (SSSR count). The molecule has 2 amide bonds. The van der Waals surface area contributed by atoms with Crippen molar-refractivity contribution in [1.29, 1.82) is 0 Å². The molecular weight excluding hydrogens is 302 g/mol. The van der Waals surface area contributed by atoms with Gasteiger partial charge in [-0.1, -0.05) is 0 Å². The molecule has 2 saturated heterocycles. The van der Waals surface area contributed by atoms with E-state index in [1.54, 1.807) is 6.20 Å². The zero-order chi connectivity index (χ0) is 16.9. The fourth-order valence-electron chi connectivity index (χ4n) is 3.63. The number of hydrogen-bond donors (Lipinski definition) is 2. The summed E-state index contributed by atoms with van der Waals surface area (Å²) in [5.41, 5.74) is 0.805. The third kappa shape index (κ3) is 4.17. The molecule has 0 aromatic carbocycles. The van der Waals surface area contributed by atoms with E-state index in [0.717, 1.165) is 44.0 Å². The third-order valence-electron chi connectivity index (χ3n) is 5.30. The first kappa shape index (κ1) is 17.0. The van der Waals surface area contributed by atoms with Gasteiger partial charge in [-0.15, -0.1) is 0 Å². The second kappa shape index (κ2) is 7.83. The number of nitrogens with one attached hydrogen (secondary N) is 2. The van der Waals surface area contributed by atoms with Crippen LogP contribution in [0, 0.1) is 0 Å². The van der Waals surface area contributed by atoms with Gasteiger partial charge in [-0.2, -0.15) is 0 Å². The van der Waals surface area contributed by atoms with Crippen LogP contribution in [0.4, 0.5) is 16.3 Å². The summed E-state index contributed by atoms with van der Waals surface area (Å²) in [7, 11) is 2.12. The summed E-state index contributed by atoms with van der Waals surface area (Å²) < 4.78 is 0. The Kier molecular flexibility index (Phi) is 5.56. The molecule has 0 saturated carbocycles. The van der Waals surface area contributed by atoms with Crippen molar-refractivity contribution in [3.05, 3.63) is 18.3 Å². The van der Waals surface area contributed by atoms with Crippen molar-refractivity contribution in [2.75, 3.05) is 36.9 Å². The molecule has 1 aromatic heterocycles. The second-order valence-electron chi connectivity index (χ2n) is 7.02. The summed E-state index contributed by atoms with van der Waals surface area (Å²) in [5, 5.41) is 6.09. The highest BCUT2D eigenvalue weighted by molar-refractivity contribution is 5.89. The second-order valence-corrected chi connectivity index (χ2v) is 7.02. The molecule has 0 bridgehead atoms. The Balaban J connectivity index is 1.58. The van der Waals surface area contributed by atoms with Gasteiger partial charge in [0.1, 0.15) is 5.82 Å². The predicted molar refractivity (Wildman–Crippen MR) is 97.6 cm³/mol. The maximum Gasteiger partial charge on any atom is 0.319 e. The molecule has 0 radical (unpaired) electrons. The first-order valence-corrected chi connectivity index (χ1v) is 9.12. The van der Waals surface area contributed by atoms with Gasteiger partial charge in [-0.3, -0.25) is 0 Å². The summed E-state index contributed by atoms with van der Waals surface area (Å²) in [6.45, 7) is 5.37. The monoisotopic (exact) mass is 331 g/mol. The van der Waals surface area contributed by atoms with Crippen LogP contribution < -0.4 is 15.5 Å². The number of rotatable bonds is 3. The van der Waals surface area contributed by atoms with Gasteiger partial charge in [-0.25, -0.2) is 9.78 Å². The number of likely N-dealkylation sites (tertiary alicyclic amines) is 1. The highest BCUT2D eigenvalue weighted by Crippen LogP contribution is 2.21. The van der Waals surface area contributed by atoms with E-state index in [9.17, 15) is 4.79 Å². The number of aromatic nitrogens is 1. The number of pyridine rings is 1. The standard InChI is InChI=1S/C18H29N5O/c1-14-16(7-6-10-22(14)2)21-18(24)20-15-8-9-19-17(13-15)23-11-4-3-5-12-23/h8-9,13-14,16H,3-7,10-12H2,1-2H3,(H2,19,20,21,24). The lowest BCUT2D eigenvalue weighted by atomic mass is 9.98. The average Bonchev–Trinajstić information content (AvgIpc) is 2.60. The van der Waals surface area contributed by atoms with Crippen molar-refractivity contribution in [2.45, 2.75) is 51.1 Å². The van der Waals surface area contributed by atoms with E-state index in [2.05, 4.69) is 39.4 Å². The predicted octanol–water partition coefficient (Wildman–Crippen LogP) is 2.68. The van der Waals surface area contributed by atoms with Crippen molar-refractivity contribution in [2.24, 2.45) is 0 Å². The quantitative estimate of drug-likeness (QED) is 0.894. The highest BCUT2D eigenvalue weighted by Gasteiger charge is 2.26. The molecule has 3 heterocycles. The van der Waals surface area contributed by atoms with Crippen LogP contribution in [0.1, 0.15) is 39.0 Å². The van der Waals surface area contributed by atoms with Gasteiger partial charge in [0.15, 0.2) is 0 Å². The van der Waals surface area contributed by atoms with Crippen molar-refractivity contribution >= 4 is 17.5 Å². The van der Waals surface area contributed by atoms with Crippen LogP contribution in [0.3, 0.4) is 0 Å². The molecule has 2 fully saturated rings. The van der Waals surface area contributed by atoms with Crippen LogP contribution >= 0.6 is 0 Å². The Morgan fingerprint density at radius 3 is 2.79 bits per heavy atom. The van der Waals surface area contributed by atoms with Crippen molar-refractivity contribution < 1.29 is 4.79 Å². The van der Waals surface area contributed by atoms with Gasteiger partial charge in [0, 0.05) is 43.1 Å². The zero-order valence-corrected chi connectivity index (χ0v) is 14.8. The molecule has 24 heavy (non-hydrogen) atoms. The highest BCUT2D eigenvalue weighted by atomic mass is 16.2. The van der Waals surface area contributed by atoms with E-state index in [4.69, 9.17) is 0 Å². The maximum atomic E-state index is 12.3. The maximum absolute atomic E-state index is 12.3. The SMILES string of the molecule is CC1C(NC(=O)Nc2ccnc(N3CCCCC3)c2)CCCN1C. The molecule has 0 spiro atoms. The van der Waals surface area contributed by atoms with Crippen molar-refractivity contribution in [3.63, 3.8) is 0 Å². The van der Waals surface area contributed by atoms with E-state index < -0.39 is 0 Å². The smallest absolute Gasteiger partial charge is 0.319 e. The number of likely N-dealkylation sites (N-methyl/N-ethyl adjacent to an activating group) is 1. The van der Waals surface area contributed by atoms with Gasteiger partial charge >= 0.3 is 6.03 Å². The number of piperidine rings is 2. The van der Waals surface area contributed by atoms with Crippen molar-refractivity contribution in [1.82, 2.24) is 15.2 Å². The Morgan fingerprint density at radius 1 is 1.21 bits per heavy atom. The number of amides is 2. The Bertz CT molecular complexity index is 558. The summed E-state index contributed by atoms with van der Waals surface area (Å²) in [6.07, 6.45) is 7.66. The zero-order valence-electron chi connectivity index (χ0n) is 14.8. The van der Waals surface area contributed by atoms with Gasteiger partial charge in [0.2, 0.25) is 0 Å². The van der Waals surface area contributed by atoms with E-state index >= 15 is 0 Å². The van der Waals surface area contributed by atoms with Gasteiger partial charge in [-0.05, 0) is 58.7 Å². The van der Waals surface area contributed by atoms with E-state index in [1.165, 1.54) is 19.3 Å². The number of anilines is 2. The molecule has 0 aliphatic carbocycles. The van der Waals surface area contributed by atoms with Gasteiger partial charge in [0.05, 0.1) is 0 Å². The van der Waals surface area contributed by atoms with E-state index in [0.29, 0.717) is 6.04 Å². The number of urea groups is 1. The van der Waals surface area contributed by atoms with Crippen LogP contribution in [0.15, 0.2) is 18.3 Å². The number of hydrogen-bond acceptors (Lipinski definition) is 4. The Labute approximate surface area is 144 Å². The fraction of sp³-hybridized carbons (Fsp3) is 0.667. The van der Waals surface area contributed by atoms with Crippen molar-refractivity contribution in [3.8, 4) is 0 Å². The molecule has 6 nitrogen and oxygen atoms in total. The molecule has 2 aliphatic rings. The Morgan fingerprint density at radius 2 is 2.00 bits per heavy atom. The summed E-state index contributed by atoms with van der Waals surface area (Å²) in [6, 6.07) is 4.26. The molecule has 2 atom stereocenters. The minimum Gasteiger partial charge on any atom is -0.357 e. The molecule has 1 aromatic rings. The first-order chi connectivity index (χ1) is 11.6. The van der Waals surface area contributed by atoms with Crippen LogP contribution in [0.25, 0.3) is 0 Å². The van der Waals surface area contributed by atoms with Gasteiger partial charge in [0.25, 0.3) is 0 Å². The first-order valence-electron chi connectivity index (χ1n) is 9.12. The lowest BCUT2D eigenvalue weighted by Crippen LogP contribution is -2.53. The average molecular weight is 331 g/mol. The largest absolute Gasteiger partial charge is 0.357 e. The number of carbonyl (C=O) groups excluding carboxylic acids is 1. The minimum atomic E-state index is -0.127. The lowest BCUT2D eigenvalue weighted by Gasteiger charge is -2.37. The minimum absolute atomic E-state index is 0.127. The third-order valence-corrected chi connectivity index (χ3v) is 5.30. The molecule has 6 heteroatoms. The van der Waals surface area contributed by atoms with Gasteiger partial charge < -0.3 is 20.4 Å². The molecule has 132 valence electrons. The number of carbonyl (C=O) groups is 1. The van der Waals surface area contributed by atoms with E-state index in [1.807, 2.05) is 12.1 Å². The number of nitrogens with zero attached hydrogens (tertiary/aromatic N) is 3. The molecule has 2 aliphatic heterocycles. The summed E-state index contributed by atoms with van der Waals surface area (Å²) in [4.78, 5) is 21.4.